The lowest BCUT2D eigenvalue weighted by Gasteiger charge is -2.15. The molecule has 0 radical (unpaired) electrons. The van der Waals surface area contributed by atoms with Gasteiger partial charge in [-0.05, 0) is 29.8 Å². The van der Waals surface area contributed by atoms with Crippen LogP contribution in [0.15, 0.2) is 42.5 Å². The molecular formula is C16H14ClNO2. The van der Waals surface area contributed by atoms with E-state index in [-0.39, 0.29) is 12.1 Å². The molecule has 0 spiro atoms. The van der Waals surface area contributed by atoms with Gasteiger partial charge in [-0.1, -0.05) is 29.8 Å². The summed E-state index contributed by atoms with van der Waals surface area (Å²) in [5.41, 5.74) is 3.50. The Morgan fingerprint density at radius 2 is 1.80 bits per heavy atom. The number of ether oxygens (including phenoxy) is 1. The van der Waals surface area contributed by atoms with E-state index in [0.717, 1.165) is 16.8 Å². The minimum Gasteiger partial charge on any atom is -0.449 e. The average molecular weight is 288 g/mol. The van der Waals surface area contributed by atoms with Gasteiger partial charge in [0.1, 0.15) is 0 Å². The summed E-state index contributed by atoms with van der Waals surface area (Å²) >= 11 is 5.92. The Labute approximate surface area is 122 Å². The van der Waals surface area contributed by atoms with Crippen LogP contribution in [-0.2, 0) is 4.74 Å². The smallest absolute Gasteiger partial charge is 0.339 e. The van der Waals surface area contributed by atoms with Crippen LogP contribution in [0.1, 0.15) is 27.6 Å². The lowest BCUT2D eigenvalue weighted by Crippen LogP contribution is -2.08. The molecule has 0 saturated heterocycles. The van der Waals surface area contributed by atoms with E-state index in [1.165, 1.54) is 0 Å². The summed E-state index contributed by atoms with van der Waals surface area (Å²) in [6.45, 7) is 0. The van der Waals surface area contributed by atoms with Crippen molar-refractivity contribution in [2.45, 2.75) is 6.10 Å². The molecule has 1 aliphatic heterocycles. The zero-order valence-electron chi connectivity index (χ0n) is 11.3. The predicted molar refractivity (Wildman–Crippen MR) is 79.5 cm³/mol. The summed E-state index contributed by atoms with van der Waals surface area (Å²) in [6.07, 6.45) is -0.342. The molecule has 0 amide bonds. The second-order valence-electron chi connectivity index (χ2n) is 5.00. The minimum atomic E-state index is -0.342. The van der Waals surface area contributed by atoms with E-state index in [9.17, 15) is 4.79 Å². The number of benzene rings is 2. The first-order chi connectivity index (χ1) is 9.56. The highest BCUT2D eigenvalue weighted by Crippen LogP contribution is 2.37. The molecule has 0 N–H and O–H groups in total. The van der Waals surface area contributed by atoms with Crippen molar-refractivity contribution in [3.05, 3.63) is 64.2 Å². The fourth-order valence-corrected chi connectivity index (χ4v) is 2.53. The summed E-state index contributed by atoms with van der Waals surface area (Å²) < 4.78 is 5.46. The molecule has 2 aromatic carbocycles. The van der Waals surface area contributed by atoms with Crippen LogP contribution in [0.3, 0.4) is 0 Å². The standard InChI is InChI=1S/C16H14ClNO2/c1-18(2)12-6-3-10(4-7-12)15-13-8-5-11(17)9-14(13)16(19)20-15/h3-9,15H,1-2H3. The van der Waals surface area contributed by atoms with Crippen LogP contribution in [0.4, 0.5) is 5.69 Å². The van der Waals surface area contributed by atoms with E-state index in [4.69, 9.17) is 16.3 Å². The zero-order chi connectivity index (χ0) is 14.3. The fourth-order valence-electron chi connectivity index (χ4n) is 2.36. The first kappa shape index (κ1) is 13.0. The van der Waals surface area contributed by atoms with Gasteiger partial charge in [0, 0.05) is 30.4 Å². The number of carbonyl (C=O) groups is 1. The van der Waals surface area contributed by atoms with Crippen LogP contribution >= 0.6 is 11.6 Å². The third-order valence-electron chi connectivity index (χ3n) is 3.45. The van der Waals surface area contributed by atoms with Gasteiger partial charge in [-0.25, -0.2) is 4.79 Å². The Hall–Kier alpha value is -2.00. The number of anilines is 1. The number of nitrogens with zero attached hydrogens (tertiary/aromatic N) is 1. The molecule has 1 unspecified atom stereocenters. The monoisotopic (exact) mass is 287 g/mol. The van der Waals surface area contributed by atoms with Crippen molar-refractivity contribution in [2.24, 2.45) is 0 Å². The van der Waals surface area contributed by atoms with Gasteiger partial charge in [-0.3, -0.25) is 0 Å². The summed E-state index contributed by atoms with van der Waals surface area (Å²) in [6, 6.07) is 13.3. The average Bonchev–Trinajstić information content (AvgIpc) is 2.76. The second kappa shape index (κ2) is 4.84. The second-order valence-corrected chi connectivity index (χ2v) is 5.44. The number of halogens is 1. The maximum atomic E-state index is 11.9. The summed E-state index contributed by atoms with van der Waals surface area (Å²) in [5.74, 6) is -0.316. The predicted octanol–water partition coefficient (Wildman–Crippen LogP) is 3.67. The maximum absolute atomic E-state index is 11.9. The number of cyclic esters (lactones) is 1. The topological polar surface area (TPSA) is 29.5 Å². The van der Waals surface area contributed by atoms with Crippen molar-refractivity contribution in [1.29, 1.82) is 0 Å². The molecular weight excluding hydrogens is 274 g/mol. The number of carbonyl (C=O) groups excluding carboxylic acids is 1. The van der Waals surface area contributed by atoms with E-state index in [1.54, 1.807) is 12.1 Å². The van der Waals surface area contributed by atoms with Gasteiger partial charge in [0.25, 0.3) is 0 Å². The molecule has 3 rings (SSSR count). The maximum Gasteiger partial charge on any atom is 0.339 e. The minimum absolute atomic E-state index is 0.316. The van der Waals surface area contributed by atoms with Crippen LogP contribution in [0.25, 0.3) is 0 Å². The summed E-state index contributed by atoms with van der Waals surface area (Å²) in [5, 5.41) is 0.546. The zero-order valence-corrected chi connectivity index (χ0v) is 12.0. The van der Waals surface area contributed by atoms with Crippen LogP contribution in [0.2, 0.25) is 5.02 Å². The van der Waals surface area contributed by atoms with Gasteiger partial charge in [0.05, 0.1) is 5.56 Å². The van der Waals surface area contributed by atoms with Gasteiger partial charge in [0.15, 0.2) is 6.10 Å². The van der Waals surface area contributed by atoms with Gasteiger partial charge in [-0.15, -0.1) is 0 Å². The van der Waals surface area contributed by atoms with Crippen molar-refractivity contribution in [2.75, 3.05) is 19.0 Å². The van der Waals surface area contributed by atoms with Crippen LogP contribution in [0, 0.1) is 0 Å². The highest BCUT2D eigenvalue weighted by Gasteiger charge is 2.32. The summed E-state index contributed by atoms with van der Waals surface area (Å²) in [7, 11) is 3.98. The first-order valence-electron chi connectivity index (χ1n) is 6.34. The Balaban J connectivity index is 1.99. The Kier molecular flexibility index (Phi) is 3.14. The van der Waals surface area contributed by atoms with Crippen molar-refractivity contribution in [1.82, 2.24) is 0 Å². The number of hydrogen-bond donors (Lipinski definition) is 0. The van der Waals surface area contributed by atoms with Crippen LogP contribution in [0.5, 0.6) is 0 Å². The SMILES string of the molecule is CN(C)c1ccc(C2OC(=O)c3cc(Cl)ccc32)cc1. The number of rotatable bonds is 2. The quantitative estimate of drug-likeness (QED) is 0.790. The van der Waals surface area contributed by atoms with Crippen molar-refractivity contribution >= 4 is 23.3 Å². The summed E-state index contributed by atoms with van der Waals surface area (Å²) in [4.78, 5) is 13.9. The molecule has 0 bridgehead atoms. The van der Waals surface area contributed by atoms with E-state index < -0.39 is 0 Å². The van der Waals surface area contributed by atoms with E-state index in [2.05, 4.69) is 0 Å². The Bertz CT molecular complexity index is 665. The van der Waals surface area contributed by atoms with Gasteiger partial charge in [-0.2, -0.15) is 0 Å². The van der Waals surface area contributed by atoms with E-state index in [0.29, 0.717) is 10.6 Å². The third-order valence-corrected chi connectivity index (χ3v) is 3.69. The van der Waals surface area contributed by atoms with Crippen molar-refractivity contribution in [3.8, 4) is 0 Å². The largest absolute Gasteiger partial charge is 0.449 e. The highest BCUT2D eigenvalue weighted by molar-refractivity contribution is 6.31. The third kappa shape index (κ3) is 2.14. The molecule has 102 valence electrons. The van der Waals surface area contributed by atoms with Crippen molar-refractivity contribution < 1.29 is 9.53 Å². The highest BCUT2D eigenvalue weighted by atomic mass is 35.5. The molecule has 0 fully saturated rings. The van der Waals surface area contributed by atoms with Crippen molar-refractivity contribution in [3.63, 3.8) is 0 Å². The Morgan fingerprint density at radius 1 is 1.10 bits per heavy atom. The molecule has 20 heavy (non-hydrogen) atoms. The van der Waals surface area contributed by atoms with Crippen LogP contribution < -0.4 is 4.90 Å². The number of hydrogen-bond acceptors (Lipinski definition) is 3. The molecule has 0 aromatic heterocycles. The van der Waals surface area contributed by atoms with Gasteiger partial charge >= 0.3 is 5.97 Å². The molecule has 1 atom stereocenters. The van der Waals surface area contributed by atoms with E-state index >= 15 is 0 Å². The molecule has 2 aromatic rings. The number of esters is 1. The molecule has 0 saturated carbocycles. The molecule has 0 aliphatic carbocycles. The van der Waals surface area contributed by atoms with Gasteiger partial charge < -0.3 is 9.64 Å². The molecule has 4 heteroatoms. The first-order valence-corrected chi connectivity index (χ1v) is 6.72. The molecule has 3 nitrogen and oxygen atoms in total. The van der Waals surface area contributed by atoms with Crippen LogP contribution in [-0.4, -0.2) is 20.1 Å². The lowest BCUT2D eigenvalue weighted by atomic mass is 9.99. The van der Waals surface area contributed by atoms with Gasteiger partial charge in [0.2, 0.25) is 0 Å². The molecule has 1 aliphatic rings. The number of fused-ring (bicyclic) bond motifs is 1. The Morgan fingerprint density at radius 3 is 2.45 bits per heavy atom. The molecule has 1 heterocycles. The lowest BCUT2D eigenvalue weighted by molar-refractivity contribution is 0.0456. The fraction of sp³-hybridized carbons (Fsp3) is 0.188. The normalized spacial score (nSPS) is 16.8. The van der Waals surface area contributed by atoms with E-state index in [1.807, 2.05) is 49.3 Å².